The van der Waals surface area contributed by atoms with Gasteiger partial charge in [-0.25, -0.2) is 8.78 Å². The van der Waals surface area contributed by atoms with Gasteiger partial charge in [0.2, 0.25) is 0 Å². The minimum atomic E-state index is -0.955. The average molecular weight is 304 g/mol. The molecular weight excluding hydrogens is 290 g/mol. The van der Waals surface area contributed by atoms with Crippen LogP contribution >= 0.6 is 0 Å². The number of halogens is 2. The summed E-state index contributed by atoms with van der Waals surface area (Å²) in [5.74, 6) is -3.53. The van der Waals surface area contributed by atoms with Crippen LogP contribution in [0.3, 0.4) is 0 Å². The van der Waals surface area contributed by atoms with Crippen LogP contribution in [-0.2, 0) is 11.4 Å². The Morgan fingerprint density at radius 2 is 1.95 bits per heavy atom. The number of carboxylic acid groups (broad SMARTS) is 1. The average Bonchev–Trinajstić information content (AvgIpc) is 3.27. The van der Waals surface area contributed by atoms with Gasteiger partial charge in [0.05, 0.1) is 5.92 Å². The third-order valence-corrected chi connectivity index (χ3v) is 3.77. The van der Waals surface area contributed by atoms with E-state index in [0.29, 0.717) is 12.0 Å². The van der Waals surface area contributed by atoms with Gasteiger partial charge < -0.3 is 9.84 Å². The molecule has 0 heterocycles. The Kier molecular flexibility index (Phi) is 3.79. The molecule has 1 aliphatic carbocycles. The zero-order valence-corrected chi connectivity index (χ0v) is 11.6. The van der Waals surface area contributed by atoms with Crippen LogP contribution in [0.1, 0.15) is 23.5 Å². The highest BCUT2D eigenvalue weighted by atomic mass is 19.1. The normalized spacial score (nSPS) is 19.7. The van der Waals surface area contributed by atoms with Gasteiger partial charge in [-0.2, -0.15) is 0 Å². The van der Waals surface area contributed by atoms with Crippen molar-refractivity contribution in [2.75, 3.05) is 0 Å². The van der Waals surface area contributed by atoms with Crippen molar-refractivity contribution >= 4 is 5.97 Å². The van der Waals surface area contributed by atoms with Crippen LogP contribution in [0.15, 0.2) is 42.5 Å². The van der Waals surface area contributed by atoms with Gasteiger partial charge in [-0.1, -0.05) is 30.3 Å². The topological polar surface area (TPSA) is 46.5 Å². The maximum Gasteiger partial charge on any atom is 0.307 e. The second-order valence-corrected chi connectivity index (χ2v) is 5.37. The van der Waals surface area contributed by atoms with E-state index < -0.39 is 29.4 Å². The lowest BCUT2D eigenvalue weighted by molar-refractivity contribution is -0.138. The standard InChI is InChI=1S/C17H14F2O3/c18-11-6-13(12-8-14(12)17(20)21)16(15(19)7-11)22-9-10-4-2-1-3-5-10/h1-7,12,14H,8-9H2,(H,20,21). The third kappa shape index (κ3) is 2.93. The Bertz CT molecular complexity index is 701. The van der Waals surface area contributed by atoms with E-state index in [1.165, 1.54) is 0 Å². The van der Waals surface area contributed by atoms with Crippen molar-refractivity contribution in [3.8, 4) is 5.75 Å². The molecule has 0 aliphatic heterocycles. The van der Waals surface area contributed by atoms with Gasteiger partial charge in [-0.3, -0.25) is 4.79 Å². The highest BCUT2D eigenvalue weighted by Crippen LogP contribution is 2.51. The van der Waals surface area contributed by atoms with Crippen molar-refractivity contribution in [1.82, 2.24) is 0 Å². The fourth-order valence-electron chi connectivity index (χ4n) is 2.55. The number of hydrogen-bond acceptors (Lipinski definition) is 2. The molecular formula is C17H14F2O3. The SMILES string of the molecule is O=C(O)C1CC1c1cc(F)cc(F)c1OCc1ccccc1. The predicted molar refractivity (Wildman–Crippen MR) is 75.6 cm³/mol. The third-order valence-electron chi connectivity index (χ3n) is 3.77. The van der Waals surface area contributed by atoms with Gasteiger partial charge in [0.25, 0.3) is 0 Å². The Hall–Kier alpha value is -2.43. The molecule has 2 aromatic carbocycles. The van der Waals surface area contributed by atoms with E-state index >= 15 is 0 Å². The lowest BCUT2D eigenvalue weighted by Gasteiger charge is -2.13. The highest BCUT2D eigenvalue weighted by Gasteiger charge is 2.46. The van der Waals surface area contributed by atoms with Crippen LogP contribution < -0.4 is 4.74 Å². The molecule has 0 radical (unpaired) electrons. The van der Waals surface area contributed by atoms with Crippen LogP contribution in [0.5, 0.6) is 5.75 Å². The van der Waals surface area contributed by atoms with Gasteiger partial charge in [-0.05, 0) is 18.1 Å². The first-order valence-electron chi connectivity index (χ1n) is 6.94. The van der Waals surface area contributed by atoms with Crippen LogP contribution in [0, 0.1) is 17.6 Å². The van der Waals surface area contributed by atoms with Gasteiger partial charge in [0, 0.05) is 17.5 Å². The maximum atomic E-state index is 14.0. The van der Waals surface area contributed by atoms with Crippen molar-refractivity contribution < 1.29 is 23.4 Å². The van der Waals surface area contributed by atoms with Crippen LogP contribution in [-0.4, -0.2) is 11.1 Å². The van der Waals surface area contributed by atoms with Crippen molar-refractivity contribution in [3.05, 3.63) is 65.2 Å². The number of hydrogen-bond donors (Lipinski definition) is 1. The van der Waals surface area contributed by atoms with E-state index in [4.69, 9.17) is 9.84 Å². The summed E-state index contributed by atoms with van der Waals surface area (Å²) in [5, 5.41) is 8.99. The zero-order valence-electron chi connectivity index (χ0n) is 11.6. The summed E-state index contributed by atoms with van der Waals surface area (Å²) in [5.41, 5.74) is 1.14. The molecule has 5 heteroatoms. The fraction of sp³-hybridized carbons (Fsp3) is 0.235. The molecule has 3 nitrogen and oxygen atoms in total. The molecule has 22 heavy (non-hydrogen) atoms. The Labute approximate surface area is 126 Å². The molecule has 1 fully saturated rings. The number of rotatable bonds is 5. The van der Waals surface area contributed by atoms with E-state index in [1.807, 2.05) is 30.3 Å². The van der Waals surface area contributed by atoms with Crippen LogP contribution in [0.2, 0.25) is 0 Å². The first-order chi connectivity index (χ1) is 10.6. The summed E-state index contributed by atoms with van der Waals surface area (Å²) in [6.07, 6.45) is 0.375. The molecule has 3 rings (SSSR count). The van der Waals surface area contributed by atoms with Gasteiger partial charge in [-0.15, -0.1) is 0 Å². The number of aliphatic carboxylic acids is 1. The largest absolute Gasteiger partial charge is 0.486 e. The molecule has 2 unspecified atom stereocenters. The van der Waals surface area contributed by atoms with Crippen LogP contribution in [0.25, 0.3) is 0 Å². The van der Waals surface area contributed by atoms with E-state index in [0.717, 1.165) is 17.7 Å². The molecule has 0 saturated heterocycles. The van der Waals surface area contributed by atoms with Gasteiger partial charge >= 0.3 is 5.97 Å². The van der Waals surface area contributed by atoms with Crippen molar-refractivity contribution in [2.24, 2.45) is 5.92 Å². The van der Waals surface area contributed by atoms with E-state index in [9.17, 15) is 13.6 Å². The van der Waals surface area contributed by atoms with Crippen molar-refractivity contribution in [1.29, 1.82) is 0 Å². The lowest BCUT2D eigenvalue weighted by Crippen LogP contribution is -2.04. The molecule has 0 aromatic heterocycles. The van der Waals surface area contributed by atoms with E-state index in [1.54, 1.807) is 0 Å². The van der Waals surface area contributed by atoms with E-state index in [2.05, 4.69) is 0 Å². The predicted octanol–water partition coefficient (Wildman–Crippen LogP) is 3.73. The van der Waals surface area contributed by atoms with Crippen molar-refractivity contribution in [3.63, 3.8) is 0 Å². The van der Waals surface area contributed by atoms with Gasteiger partial charge in [0.1, 0.15) is 12.4 Å². The molecule has 2 atom stereocenters. The molecule has 1 aliphatic rings. The summed E-state index contributed by atoms with van der Waals surface area (Å²) in [4.78, 5) is 11.0. The van der Waals surface area contributed by atoms with E-state index in [-0.39, 0.29) is 12.4 Å². The molecule has 0 amide bonds. The maximum absolute atomic E-state index is 14.0. The number of benzene rings is 2. The first-order valence-corrected chi connectivity index (χ1v) is 6.94. The zero-order chi connectivity index (χ0) is 15.7. The van der Waals surface area contributed by atoms with Gasteiger partial charge in [0.15, 0.2) is 11.6 Å². The Balaban J connectivity index is 1.85. The fourth-order valence-corrected chi connectivity index (χ4v) is 2.55. The Morgan fingerprint density at radius 1 is 1.23 bits per heavy atom. The second-order valence-electron chi connectivity index (χ2n) is 5.37. The molecule has 114 valence electrons. The monoisotopic (exact) mass is 304 g/mol. The highest BCUT2D eigenvalue weighted by molar-refractivity contribution is 5.75. The lowest BCUT2D eigenvalue weighted by atomic mass is 10.1. The number of carboxylic acids is 1. The van der Waals surface area contributed by atoms with Crippen LogP contribution in [0.4, 0.5) is 8.78 Å². The summed E-state index contributed by atoms with van der Waals surface area (Å²) < 4.78 is 33.0. The first kappa shape index (κ1) is 14.5. The smallest absolute Gasteiger partial charge is 0.307 e. The molecule has 0 spiro atoms. The summed E-state index contributed by atoms with van der Waals surface area (Å²) >= 11 is 0. The number of ether oxygens (including phenoxy) is 1. The minimum Gasteiger partial charge on any atom is -0.486 e. The quantitative estimate of drug-likeness (QED) is 0.915. The Morgan fingerprint density at radius 3 is 2.59 bits per heavy atom. The summed E-state index contributed by atoms with van der Waals surface area (Å²) in [6.45, 7) is 0.140. The number of carbonyl (C=O) groups is 1. The van der Waals surface area contributed by atoms with Crippen molar-refractivity contribution in [2.45, 2.75) is 18.9 Å². The molecule has 1 N–H and O–H groups in total. The summed E-state index contributed by atoms with van der Waals surface area (Å²) in [6, 6.07) is 11.1. The minimum absolute atomic E-state index is 0.0565. The molecule has 2 aromatic rings. The summed E-state index contributed by atoms with van der Waals surface area (Å²) in [7, 11) is 0. The molecule has 1 saturated carbocycles. The second kappa shape index (κ2) is 5.75. The molecule has 0 bridgehead atoms.